The van der Waals surface area contributed by atoms with Gasteiger partial charge in [-0.15, -0.1) is 0 Å². The van der Waals surface area contributed by atoms with Gasteiger partial charge in [0.25, 0.3) is 0 Å². The second-order valence-corrected chi connectivity index (χ2v) is 6.30. The van der Waals surface area contributed by atoms with Gasteiger partial charge < -0.3 is 10.2 Å². The molecule has 0 spiro atoms. The molecule has 0 aromatic heterocycles. The lowest BCUT2D eigenvalue weighted by molar-refractivity contribution is 0.484. The molecule has 0 bridgehead atoms. The standard InChI is InChI=1S/C11H14N2O2S/c14-16(15)8-9-7-12-5-6-13(9)10-3-1-2-4-11(10)16/h1-4,9,12H,5-8H2. The first kappa shape index (κ1) is 10.1. The van der Waals surface area contributed by atoms with Gasteiger partial charge in [-0.2, -0.15) is 0 Å². The maximum Gasteiger partial charge on any atom is 0.182 e. The first-order valence-electron chi connectivity index (χ1n) is 5.48. The molecule has 1 unspecified atom stereocenters. The number of piperazine rings is 1. The van der Waals surface area contributed by atoms with Gasteiger partial charge in [0.15, 0.2) is 9.84 Å². The molecule has 0 radical (unpaired) electrons. The summed E-state index contributed by atoms with van der Waals surface area (Å²) in [4.78, 5) is 2.71. The van der Waals surface area contributed by atoms with Gasteiger partial charge in [0.1, 0.15) is 0 Å². The predicted octanol–water partition coefficient (Wildman–Crippen LogP) is 0.252. The van der Waals surface area contributed by atoms with E-state index in [2.05, 4.69) is 10.2 Å². The average molecular weight is 238 g/mol. The molecule has 1 N–H and O–H groups in total. The minimum Gasteiger partial charge on any atom is -0.364 e. The molecule has 0 amide bonds. The van der Waals surface area contributed by atoms with Crippen LogP contribution in [0.4, 0.5) is 5.69 Å². The average Bonchev–Trinajstić information content (AvgIpc) is 2.29. The summed E-state index contributed by atoms with van der Waals surface area (Å²) in [5.74, 6) is 0.233. The second kappa shape index (κ2) is 3.46. The summed E-state index contributed by atoms with van der Waals surface area (Å²) in [5, 5.41) is 3.25. The van der Waals surface area contributed by atoms with Crippen molar-refractivity contribution in [2.24, 2.45) is 0 Å². The Balaban J connectivity index is 2.16. The molecule has 2 aliphatic rings. The van der Waals surface area contributed by atoms with E-state index in [1.807, 2.05) is 12.1 Å². The van der Waals surface area contributed by atoms with Crippen molar-refractivity contribution in [3.05, 3.63) is 24.3 Å². The number of nitrogens with zero attached hydrogens (tertiary/aromatic N) is 1. The van der Waals surface area contributed by atoms with E-state index >= 15 is 0 Å². The van der Waals surface area contributed by atoms with Crippen molar-refractivity contribution in [3.63, 3.8) is 0 Å². The number of fused-ring (bicyclic) bond motifs is 3. The number of para-hydroxylation sites is 1. The zero-order valence-electron chi connectivity index (χ0n) is 8.89. The molecule has 2 aliphatic heterocycles. The lowest BCUT2D eigenvalue weighted by Crippen LogP contribution is -2.56. The highest BCUT2D eigenvalue weighted by Gasteiger charge is 2.36. The number of hydrogen-bond acceptors (Lipinski definition) is 4. The van der Waals surface area contributed by atoms with Crippen LogP contribution >= 0.6 is 0 Å². The summed E-state index contributed by atoms with van der Waals surface area (Å²) in [7, 11) is -3.09. The van der Waals surface area contributed by atoms with Crippen LogP contribution in [-0.4, -0.2) is 39.8 Å². The van der Waals surface area contributed by atoms with Crippen LogP contribution in [0.2, 0.25) is 0 Å². The molecule has 16 heavy (non-hydrogen) atoms. The molecule has 2 heterocycles. The normalized spacial score (nSPS) is 27.0. The highest BCUT2D eigenvalue weighted by atomic mass is 32.2. The van der Waals surface area contributed by atoms with E-state index in [-0.39, 0.29) is 11.8 Å². The maximum atomic E-state index is 12.1. The fourth-order valence-corrected chi connectivity index (χ4v) is 4.30. The van der Waals surface area contributed by atoms with Crippen LogP contribution in [0.5, 0.6) is 0 Å². The smallest absolute Gasteiger partial charge is 0.182 e. The van der Waals surface area contributed by atoms with E-state index in [1.54, 1.807) is 12.1 Å². The van der Waals surface area contributed by atoms with E-state index in [9.17, 15) is 8.42 Å². The van der Waals surface area contributed by atoms with Crippen molar-refractivity contribution in [3.8, 4) is 0 Å². The van der Waals surface area contributed by atoms with Gasteiger partial charge in [-0.05, 0) is 12.1 Å². The fourth-order valence-electron chi connectivity index (χ4n) is 2.53. The molecule has 0 saturated carbocycles. The molecule has 3 rings (SSSR count). The minimum atomic E-state index is -3.09. The lowest BCUT2D eigenvalue weighted by atomic mass is 10.1. The summed E-state index contributed by atoms with van der Waals surface area (Å²) in [6, 6.07) is 7.40. The third kappa shape index (κ3) is 1.43. The van der Waals surface area contributed by atoms with Crippen LogP contribution in [0.15, 0.2) is 29.2 Å². The summed E-state index contributed by atoms with van der Waals surface area (Å²) in [6.45, 7) is 2.57. The molecule has 1 aromatic rings. The van der Waals surface area contributed by atoms with E-state index < -0.39 is 9.84 Å². The molecule has 0 aliphatic carbocycles. The molecule has 5 heteroatoms. The van der Waals surface area contributed by atoms with Gasteiger partial charge in [0.05, 0.1) is 22.4 Å². The van der Waals surface area contributed by atoms with E-state index in [4.69, 9.17) is 0 Å². The van der Waals surface area contributed by atoms with Crippen molar-refractivity contribution >= 4 is 15.5 Å². The van der Waals surface area contributed by atoms with E-state index in [0.29, 0.717) is 4.90 Å². The van der Waals surface area contributed by atoms with Crippen LogP contribution in [0.1, 0.15) is 0 Å². The van der Waals surface area contributed by atoms with Crippen LogP contribution < -0.4 is 10.2 Å². The molecule has 1 atom stereocenters. The Morgan fingerprint density at radius 3 is 3.00 bits per heavy atom. The summed E-state index contributed by atoms with van der Waals surface area (Å²) in [5.41, 5.74) is 0.875. The highest BCUT2D eigenvalue weighted by molar-refractivity contribution is 7.91. The molecule has 86 valence electrons. The molecule has 1 saturated heterocycles. The first-order chi connectivity index (χ1) is 7.68. The minimum absolute atomic E-state index is 0.0913. The summed E-state index contributed by atoms with van der Waals surface area (Å²) in [6.07, 6.45) is 0. The monoisotopic (exact) mass is 238 g/mol. The molecule has 1 fully saturated rings. The van der Waals surface area contributed by atoms with Crippen LogP contribution in [0.3, 0.4) is 0 Å². The molecule has 1 aromatic carbocycles. The Morgan fingerprint density at radius 1 is 1.31 bits per heavy atom. The molecule has 4 nitrogen and oxygen atoms in total. The number of sulfone groups is 1. The first-order valence-corrected chi connectivity index (χ1v) is 7.13. The zero-order chi connectivity index (χ0) is 11.2. The van der Waals surface area contributed by atoms with Gasteiger partial charge in [0, 0.05) is 19.6 Å². The topological polar surface area (TPSA) is 49.4 Å². The quantitative estimate of drug-likeness (QED) is 0.704. The van der Waals surface area contributed by atoms with Gasteiger partial charge >= 0.3 is 0 Å². The highest BCUT2D eigenvalue weighted by Crippen LogP contribution is 2.33. The predicted molar refractivity (Wildman–Crippen MR) is 62.5 cm³/mol. The van der Waals surface area contributed by atoms with Crippen molar-refractivity contribution in [2.75, 3.05) is 30.3 Å². The fraction of sp³-hybridized carbons (Fsp3) is 0.455. The van der Waals surface area contributed by atoms with E-state index in [0.717, 1.165) is 25.3 Å². The van der Waals surface area contributed by atoms with Crippen LogP contribution in [0.25, 0.3) is 0 Å². The number of nitrogens with one attached hydrogen (secondary N) is 1. The van der Waals surface area contributed by atoms with E-state index in [1.165, 1.54) is 0 Å². The molecular formula is C11H14N2O2S. The number of hydrogen-bond donors (Lipinski definition) is 1. The molecular weight excluding hydrogens is 224 g/mol. The van der Waals surface area contributed by atoms with Crippen molar-refractivity contribution in [1.29, 1.82) is 0 Å². The Bertz CT molecular complexity index is 512. The van der Waals surface area contributed by atoms with Gasteiger partial charge in [0.2, 0.25) is 0 Å². The van der Waals surface area contributed by atoms with Gasteiger partial charge in [-0.3, -0.25) is 0 Å². The maximum absolute atomic E-state index is 12.1. The number of rotatable bonds is 0. The zero-order valence-corrected chi connectivity index (χ0v) is 9.70. The number of benzene rings is 1. The lowest BCUT2D eigenvalue weighted by Gasteiger charge is -2.41. The van der Waals surface area contributed by atoms with Crippen molar-refractivity contribution in [1.82, 2.24) is 5.32 Å². The van der Waals surface area contributed by atoms with Crippen molar-refractivity contribution < 1.29 is 8.42 Å². The van der Waals surface area contributed by atoms with Gasteiger partial charge in [-0.1, -0.05) is 12.1 Å². The summed E-state index contributed by atoms with van der Waals surface area (Å²) < 4.78 is 24.1. The SMILES string of the molecule is O=S1(=O)CC2CNCCN2c2ccccc21. The number of anilines is 1. The Morgan fingerprint density at radius 2 is 2.12 bits per heavy atom. The Kier molecular flexibility index (Phi) is 2.19. The second-order valence-electron chi connectivity index (χ2n) is 4.30. The third-order valence-corrected chi connectivity index (χ3v) is 5.11. The van der Waals surface area contributed by atoms with Crippen molar-refractivity contribution in [2.45, 2.75) is 10.9 Å². The Labute approximate surface area is 95.2 Å². The van der Waals surface area contributed by atoms with Crippen LogP contribution in [-0.2, 0) is 9.84 Å². The largest absolute Gasteiger partial charge is 0.364 e. The third-order valence-electron chi connectivity index (χ3n) is 3.27. The van der Waals surface area contributed by atoms with Gasteiger partial charge in [-0.25, -0.2) is 8.42 Å². The summed E-state index contributed by atoms with van der Waals surface area (Å²) >= 11 is 0. The Hall–Kier alpha value is -1.07. The van der Waals surface area contributed by atoms with Crippen LogP contribution in [0, 0.1) is 0 Å².